The molecule has 0 aliphatic heterocycles. The molecule has 1 N–H and O–H groups in total. The molecular formula is C22H26F7N. The highest BCUT2D eigenvalue weighted by Gasteiger charge is 2.27. The molecule has 0 unspecified atom stereocenters. The van der Waals surface area contributed by atoms with Crippen LogP contribution in [-0.4, -0.2) is 13.3 Å². The minimum atomic E-state index is -2.27. The molecule has 0 saturated heterocycles. The Morgan fingerprint density at radius 3 is 1.70 bits per heavy atom. The lowest BCUT2D eigenvalue weighted by Gasteiger charge is -2.08. The van der Waals surface area contributed by atoms with Gasteiger partial charge in [0.15, 0.2) is 23.3 Å². The van der Waals surface area contributed by atoms with Crippen LogP contribution in [0.15, 0.2) is 24.3 Å². The molecule has 0 bridgehead atoms. The molecule has 0 spiro atoms. The van der Waals surface area contributed by atoms with Gasteiger partial charge >= 0.3 is 0 Å². The van der Waals surface area contributed by atoms with Crippen LogP contribution in [0.5, 0.6) is 0 Å². The van der Waals surface area contributed by atoms with E-state index in [1.54, 1.807) is 0 Å². The highest BCUT2D eigenvalue weighted by Crippen LogP contribution is 2.32. The summed E-state index contributed by atoms with van der Waals surface area (Å²) in [6.07, 6.45) is 9.07. The number of hydrogen-bond acceptors (Lipinski definition) is 1. The molecule has 0 heterocycles. The maximum Gasteiger partial charge on any atom is 0.200 e. The summed E-state index contributed by atoms with van der Waals surface area (Å²) in [7, 11) is 0. The first-order valence-electron chi connectivity index (χ1n) is 9.89. The highest BCUT2D eigenvalue weighted by atomic mass is 19.2. The minimum absolute atomic E-state index is 0.379. The molecule has 2 aromatic carbocycles. The molecule has 2 rings (SSSR count). The van der Waals surface area contributed by atoms with Crippen LogP contribution in [0.25, 0.3) is 11.1 Å². The van der Waals surface area contributed by atoms with E-state index in [1.807, 2.05) is 0 Å². The first kappa shape index (κ1) is 25.9. The van der Waals surface area contributed by atoms with E-state index in [1.165, 1.54) is 50.7 Å². The number of benzene rings is 2. The molecule has 0 aliphatic carbocycles. The second-order valence-corrected chi connectivity index (χ2v) is 6.68. The molecule has 0 saturated carbocycles. The molecule has 168 valence electrons. The quantitative estimate of drug-likeness (QED) is 0.134. The van der Waals surface area contributed by atoms with Gasteiger partial charge in [0.1, 0.15) is 12.6 Å². The summed E-state index contributed by atoms with van der Waals surface area (Å²) < 4.78 is 90.3. The van der Waals surface area contributed by atoms with Crippen LogP contribution in [-0.2, 0) is 0 Å². The first-order chi connectivity index (χ1) is 14.4. The molecule has 8 heteroatoms. The topological polar surface area (TPSA) is 12.0 Å². The largest absolute Gasteiger partial charge is 0.290 e. The fourth-order valence-electron chi connectivity index (χ4n) is 2.78. The van der Waals surface area contributed by atoms with Crippen molar-refractivity contribution in [1.29, 1.82) is 0 Å². The summed E-state index contributed by atoms with van der Waals surface area (Å²) in [6, 6.07) is 4.22. The van der Waals surface area contributed by atoms with Crippen LogP contribution >= 0.6 is 0 Å². The van der Waals surface area contributed by atoms with E-state index in [-0.39, 0.29) is 6.80 Å². The Balaban J connectivity index is 0.000000329. The van der Waals surface area contributed by atoms with Gasteiger partial charge in [0.25, 0.3) is 0 Å². The van der Waals surface area contributed by atoms with E-state index < -0.39 is 46.0 Å². The molecule has 0 aromatic heterocycles. The number of rotatable bonds is 10. The fourth-order valence-corrected chi connectivity index (χ4v) is 2.78. The molecule has 1 nitrogen and oxygen atoms in total. The van der Waals surface area contributed by atoms with Crippen LogP contribution < -0.4 is 5.32 Å². The zero-order chi connectivity index (χ0) is 22.5. The van der Waals surface area contributed by atoms with Gasteiger partial charge in [0.05, 0.1) is 5.56 Å². The van der Waals surface area contributed by atoms with Crippen LogP contribution in [0.3, 0.4) is 0 Å². The second-order valence-electron chi connectivity index (χ2n) is 6.68. The Bertz CT molecular complexity index is 741. The van der Waals surface area contributed by atoms with Crippen molar-refractivity contribution in [2.45, 2.75) is 51.9 Å². The zero-order valence-electron chi connectivity index (χ0n) is 16.8. The Hall–Kier alpha value is -2.09. The van der Waals surface area contributed by atoms with Crippen molar-refractivity contribution in [1.82, 2.24) is 5.32 Å². The van der Waals surface area contributed by atoms with Gasteiger partial charge in [-0.1, -0.05) is 63.6 Å². The molecule has 0 amide bonds. The molecule has 0 atom stereocenters. The lowest BCUT2D eigenvalue weighted by molar-refractivity contribution is 0.381. The summed E-state index contributed by atoms with van der Waals surface area (Å²) in [5.41, 5.74) is -1.96. The van der Waals surface area contributed by atoms with E-state index in [9.17, 15) is 30.7 Å². The van der Waals surface area contributed by atoms with Gasteiger partial charge < -0.3 is 0 Å². The number of hydrogen-bond donors (Lipinski definition) is 1. The number of alkyl halides is 1. The van der Waals surface area contributed by atoms with Crippen molar-refractivity contribution < 1.29 is 30.7 Å². The predicted molar refractivity (Wildman–Crippen MR) is 104 cm³/mol. The maximum atomic E-state index is 13.4. The van der Waals surface area contributed by atoms with Crippen LogP contribution in [0.2, 0.25) is 0 Å². The Labute approximate surface area is 172 Å². The summed E-state index contributed by atoms with van der Waals surface area (Å²) in [5, 5.41) is 2.68. The van der Waals surface area contributed by atoms with Crippen LogP contribution in [0.1, 0.15) is 51.9 Å². The minimum Gasteiger partial charge on any atom is -0.290 e. The average Bonchev–Trinajstić information content (AvgIpc) is 2.75. The third-order valence-corrected chi connectivity index (χ3v) is 4.40. The van der Waals surface area contributed by atoms with Crippen molar-refractivity contribution in [2.75, 3.05) is 13.3 Å². The van der Waals surface area contributed by atoms with Crippen molar-refractivity contribution in [3.63, 3.8) is 0 Å². The van der Waals surface area contributed by atoms with Gasteiger partial charge in [0, 0.05) is 5.56 Å². The van der Waals surface area contributed by atoms with Gasteiger partial charge in [0.2, 0.25) is 5.82 Å². The van der Waals surface area contributed by atoms with Gasteiger partial charge in [-0.3, -0.25) is 5.32 Å². The van der Waals surface area contributed by atoms with Crippen molar-refractivity contribution in [2.24, 2.45) is 0 Å². The monoisotopic (exact) mass is 437 g/mol. The molecule has 0 aliphatic rings. The van der Waals surface area contributed by atoms with Crippen LogP contribution in [0.4, 0.5) is 30.7 Å². The van der Waals surface area contributed by atoms with Crippen molar-refractivity contribution in [3.05, 3.63) is 59.2 Å². The number of nitrogens with one attached hydrogen (secondary N) is 1. The third-order valence-electron chi connectivity index (χ3n) is 4.40. The smallest absolute Gasteiger partial charge is 0.200 e. The van der Waals surface area contributed by atoms with E-state index in [4.69, 9.17) is 0 Å². The van der Waals surface area contributed by atoms with Gasteiger partial charge in [-0.25, -0.2) is 30.7 Å². The predicted octanol–water partition coefficient (Wildman–Crippen LogP) is 7.44. The Morgan fingerprint density at radius 2 is 1.17 bits per heavy atom. The normalized spacial score (nSPS) is 10.7. The van der Waals surface area contributed by atoms with E-state index in [2.05, 4.69) is 12.2 Å². The number of halogens is 7. The molecule has 30 heavy (non-hydrogen) atoms. The molecule has 2 aromatic rings. The van der Waals surface area contributed by atoms with Gasteiger partial charge in [-0.15, -0.1) is 0 Å². The average molecular weight is 437 g/mol. The summed E-state index contributed by atoms with van der Waals surface area (Å²) >= 11 is 0. The summed E-state index contributed by atoms with van der Waals surface area (Å²) in [6.45, 7) is 2.69. The third kappa shape index (κ3) is 7.63. The lowest BCUT2D eigenvalue weighted by Crippen LogP contribution is -2.12. The lowest BCUT2D eigenvalue weighted by atomic mass is 10.0. The highest BCUT2D eigenvalue weighted by molar-refractivity contribution is 5.65. The Kier molecular flexibility index (Phi) is 12.1. The van der Waals surface area contributed by atoms with Crippen molar-refractivity contribution >= 4 is 0 Å². The standard InChI is InChI=1S/C12H4F6.C10H22FN/c13-6-4-2-1-3-5(6)7-8(14)10(16)12(18)11(17)9(7)15;1-2-3-4-5-6-7-8-9-12-10-11/h1-4H;12H,2-10H2,1H3. The fraction of sp³-hybridized carbons (Fsp3) is 0.455. The van der Waals surface area contributed by atoms with Gasteiger partial charge in [-0.2, -0.15) is 0 Å². The van der Waals surface area contributed by atoms with Crippen molar-refractivity contribution in [3.8, 4) is 11.1 Å². The molecule has 0 radical (unpaired) electrons. The Morgan fingerprint density at radius 1 is 0.667 bits per heavy atom. The summed E-state index contributed by atoms with van der Waals surface area (Å²) in [5.74, 6) is -11.7. The van der Waals surface area contributed by atoms with Gasteiger partial charge in [-0.05, 0) is 19.0 Å². The maximum absolute atomic E-state index is 13.4. The van der Waals surface area contributed by atoms with Crippen LogP contribution in [0, 0.1) is 34.9 Å². The second kappa shape index (κ2) is 14.0. The number of unbranched alkanes of at least 4 members (excludes halogenated alkanes) is 6. The molecule has 0 fully saturated rings. The van der Waals surface area contributed by atoms with E-state index >= 15 is 0 Å². The SMILES string of the molecule is CCCCCCCCCNCF.Fc1ccccc1-c1c(F)c(F)c(F)c(F)c1F. The van der Waals surface area contributed by atoms with E-state index in [0.717, 1.165) is 25.1 Å². The zero-order valence-corrected chi connectivity index (χ0v) is 16.8. The molecular weight excluding hydrogens is 411 g/mol. The first-order valence-corrected chi connectivity index (χ1v) is 9.89. The van der Waals surface area contributed by atoms with E-state index in [0.29, 0.717) is 0 Å². The summed E-state index contributed by atoms with van der Waals surface area (Å²) in [4.78, 5) is 0.